The van der Waals surface area contributed by atoms with Gasteiger partial charge in [-0.25, -0.2) is 4.79 Å². The van der Waals surface area contributed by atoms with Crippen LogP contribution in [-0.2, 0) is 11.2 Å². The molecule has 0 unspecified atom stereocenters. The largest absolute Gasteiger partial charge is 0.493 e. The average molecular weight is 463 g/mol. The highest BCUT2D eigenvalue weighted by atomic mass is 16.5. The minimum atomic E-state index is -0.366. The summed E-state index contributed by atoms with van der Waals surface area (Å²) in [6.07, 6.45) is 3.87. The van der Waals surface area contributed by atoms with Gasteiger partial charge in [-0.3, -0.25) is 14.6 Å². The maximum atomic E-state index is 12.5. The number of nitrogens with one attached hydrogen (secondary N) is 3. The van der Waals surface area contributed by atoms with Crippen LogP contribution in [0.5, 0.6) is 11.5 Å². The number of urea groups is 1. The number of nitrogens with zero attached hydrogens (tertiary/aromatic N) is 1. The molecule has 0 spiro atoms. The Morgan fingerprint density at radius 2 is 1.41 bits per heavy atom. The molecule has 0 bridgehead atoms. The van der Waals surface area contributed by atoms with E-state index in [1.54, 1.807) is 48.8 Å². The molecule has 0 radical (unpaired) electrons. The summed E-state index contributed by atoms with van der Waals surface area (Å²) in [5.74, 6) is 0.383. The van der Waals surface area contributed by atoms with Gasteiger partial charge in [-0.05, 0) is 49.2 Å². The van der Waals surface area contributed by atoms with E-state index in [1.165, 1.54) is 21.1 Å². The highest BCUT2D eigenvalue weighted by Crippen LogP contribution is 2.33. The van der Waals surface area contributed by atoms with Crippen molar-refractivity contribution in [2.75, 3.05) is 30.2 Å². The smallest absolute Gasteiger partial charge is 0.323 e. The fourth-order valence-corrected chi connectivity index (χ4v) is 3.23. The molecule has 0 aliphatic heterocycles. The first-order valence-electron chi connectivity index (χ1n) is 10.5. The number of amides is 3. The Bertz CT molecular complexity index is 1160. The van der Waals surface area contributed by atoms with E-state index in [0.717, 1.165) is 5.56 Å². The lowest BCUT2D eigenvalue weighted by molar-refractivity contribution is -0.116. The van der Waals surface area contributed by atoms with Gasteiger partial charge < -0.3 is 25.4 Å². The van der Waals surface area contributed by atoms with Crippen molar-refractivity contribution >= 4 is 34.8 Å². The zero-order valence-corrected chi connectivity index (χ0v) is 19.2. The molecule has 0 saturated carbocycles. The van der Waals surface area contributed by atoms with E-state index in [-0.39, 0.29) is 24.1 Å². The number of rotatable bonds is 9. The monoisotopic (exact) mass is 462 g/mol. The summed E-state index contributed by atoms with van der Waals surface area (Å²) in [5, 5.41) is 8.24. The molecule has 0 aliphatic carbocycles. The molecule has 2 aromatic carbocycles. The number of benzene rings is 2. The van der Waals surface area contributed by atoms with Gasteiger partial charge in [-0.1, -0.05) is 12.1 Å². The summed E-state index contributed by atoms with van der Waals surface area (Å²) in [4.78, 5) is 40.5. The van der Waals surface area contributed by atoms with Crippen LogP contribution in [0.2, 0.25) is 0 Å². The second kappa shape index (κ2) is 11.5. The summed E-state index contributed by atoms with van der Waals surface area (Å²) < 4.78 is 10.5. The van der Waals surface area contributed by atoms with E-state index < -0.39 is 0 Å². The van der Waals surface area contributed by atoms with Crippen molar-refractivity contribution in [3.63, 3.8) is 0 Å². The number of aromatic nitrogens is 1. The number of ether oxygens (including phenoxy) is 2. The number of methoxy groups -OCH3 is 2. The van der Waals surface area contributed by atoms with Crippen molar-refractivity contribution in [1.29, 1.82) is 0 Å². The molecule has 3 aromatic rings. The number of hydrogen-bond acceptors (Lipinski definition) is 6. The summed E-state index contributed by atoms with van der Waals surface area (Å²) in [6, 6.07) is 13.3. The number of pyridine rings is 1. The fourth-order valence-electron chi connectivity index (χ4n) is 3.23. The standard InChI is InChI=1S/C25H26N4O5/c1-16(30)20-14-22(33-2)23(34-3)15-21(20)29-24(31)9-6-17-4-7-18(8-5-17)27-25(32)28-19-10-12-26-13-11-19/h4-5,7-8,10-15H,6,9H2,1-3H3,(H,29,31)(H2,26,27,28,32). The zero-order chi connectivity index (χ0) is 24.5. The van der Waals surface area contributed by atoms with Crippen LogP contribution in [0, 0.1) is 0 Å². The van der Waals surface area contributed by atoms with Crippen LogP contribution in [0.3, 0.4) is 0 Å². The lowest BCUT2D eigenvalue weighted by Crippen LogP contribution is -2.19. The van der Waals surface area contributed by atoms with Gasteiger partial charge in [0, 0.05) is 41.8 Å². The molecular formula is C25H26N4O5. The number of carbonyl (C=O) groups is 3. The molecule has 0 aliphatic rings. The molecule has 0 fully saturated rings. The summed E-state index contributed by atoms with van der Waals surface area (Å²) >= 11 is 0. The van der Waals surface area contributed by atoms with Crippen LogP contribution in [-0.4, -0.2) is 36.9 Å². The normalized spacial score (nSPS) is 10.2. The molecule has 9 heteroatoms. The highest BCUT2D eigenvalue weighted by molar-refractivity contribution is 6.04. The van der Waals surface area contributed by atoms with Gasteiger partial charge >= 0.3 is 6.03 Å². The quantitative estimate of drug-likeness (QED) is 0.403. The van der Waals surface area contributed by atoms with E-state index in [4.69, 9.17) is 9.47 Å². The Morgan fingerprint density at radius 3 is 2.00 bits per heavy atom. The van der Waals surface area contributed by atoms with Crippen LogP contribution in [0.4, 0.5) is 21.9 Å². The van der Waals surface area contributed by atoms with Gasteiger partial charge in [0.05, 0.1) is 19.9 Å². The molecule has 3 rings (SSSR count). The Kier molecular flexibility index (Phi) is 8.17. The fraction of sp³-hybridized carbons (Fsp3) is 0.200. The number of hydrogen-bond donors (Lipinski definition) is 3. The summed E-state index contributed by atoms with van der Waals surface area (Å²) in [7, 11) is 2.96. The minimum Gasteiger partial charge on any atom is -0.493 e. The Balaban J connectivity index is 1.56. The van der Waals surface area contributed by atoms with Gasteiger partial charge in [-0.2, -0.15) is 0 Å². The van der Waals surface area contributed by atoms with E-state index >= 15 is 0 Å². The van der Waals surface area contributed by atoms with Crippen LogP contribution in [0.1, 0.15) is 29.3 Å². The molecule has 1 heterocycles. The van der Waals surface area contributed by atoms with Crippen molar-refractivity contribution < 1.29 is 23.9 Å². The van der Waals surface area contributed by atoms with Gasteiger partial charge in [0.1, 0.15) is 0 Å². The molecular weight excluding hydrogens is 436 g/mol. The molecule has 9 nitrogen and oxygen atoms in total. The van der Waals surface area contributed by atoms with E-state index in [9.17, 15) is 14.4 Å². The maximum Gasteiger partial charge on any atom is 0.323 e. The van der Waals surface area contributed by atoms with Crippen LogP contribution < -0.4 is 25.4 Å². The molecule has 1 aromatic heterocycles. The van der Waals surface area contributed by atoms with Crippen LogP contribution in [0.15, 0.2) is 60.9 Å². The number of anilines is 3. The average Bonchev–Trinajstić information content (AvgIpc) is 2.83. The van der Waals surface area contributed by atoms with E-state index in [1.807, 2.05) is 12.1 Å². The maximum absolute atomic E-state index is 12.5. The van der Waals surface area contributed by atoms with Crippen molar-refractivity contribution in [3.05, 3.63) is 72.1 Å². The summed E-state index contributed by atoms with van der Waals surface area (Å²) in [6.45, 7) is 1.42. The van der Waals surface area contributed by atoms with Crippen molar-refractivity contribution in [1.82, 2.24) is 4.98 Å². The van der Waals surface area contributed by atoms with E-state index in [2.05, 4.69) is 20.9 Å². The van der Waals surface area contributed by atoms with Crippen LogP contribution >= 0.6 is 0 Å². The lowest BCUT2D eigenvalue weighted by atomic mass is 10.1. The molecule has 34 heavy (non-hydrogen) atoms. The van der Waals surface area contributed by atoms with Gasteiger partial charge in [-0.15, -0.1) is 0 Å². The molecule has 3 N–H and O–H groups in total. The third-order valence-corrected chi connectivity index (χ3v) is 4.97. The lowest BCUT2D eigenvalue weighted by Gasteiger charge is -2.14. The Hall–Kier alpha value is -4.40. The first kappa shape index (κ1) is 24.2. The first-order valence-corrected chi connectivity index (χ1v) is 10.5. The third-order valence-electron chi connectivity index (χ3n) is 4.97. The SMILES string of the molecule is COc1cc(NC(=O)CCc2ccc(NC(=O)Nc3ccncc3)cc2)c(C(C)=O)cc1OC. The highest BCUT2D eigenvalue weighted by Gasteiger charge is 2.16. The zero-order valence-electron chi connectivity index (χ0n) is 19.2. The second-order valence-electron chi connectivity index (χ2n) is 7.37. The van der Waals surface area contributed by atoms with Crippen molar-refractivity contribution in [2.24, 2.45) is 0 Å². The van der Waals surface area contributed by atoms with Crippen molar-refractivity contribution in [2.45, 2.75) is 19.8 Å². The van der Waals surface area contributed by atoms with E-state index in [0.29, 0.717) is 40.5 Å². The Morgan fingerprint density at radius 1 is 0.824 bits per heavy atom. The predicted octanol–water partition coefficient (Wildman–Crippen LogP) is 4.52. The third kappa shape index (κ3) is 6.55. The summed E-state index contributed by atoms with van der Waals surface area (Å²) in [5.41, 5.74) is 2.89. The molecule has 3 amide bonds. The number of carbonyl (C=O) groups excluding carboxylic acids is 3. The number of Topliss-reactive ketones (excluding diaryl/α,β-unsaturated/α-hetero) is 1. The first-order chi connectivity index (χ1) is 16.4. The molecule has 0 atom stereocenters. The predicted molar refractivity (Wildman–Crippen MR) is 130 cm³/mol. The number of aryl methyl sites for hydroxylation is 1. The van der Waals surface area contributed by atoms with Gasteiger partial charge in [0.2, 0.25) is 5.91 Å². The minimum absolute atomic E-state index is 0.202. The topological polar surface area (TPSA) is 119 Å². The van der Waals surface area contributed by atoms with Gasteiger partial charge in [0.25, 0.3) is 0 Å². The Labute approximate surface area is 197 Å². The van der Waals surface area contributed by atoms with Crippen molar-refractivity contribution in [3.8, 4) is 11.5 Å². The molecule has 176 valence electrons. The second-order valence-corrected chi connectivity index (χ2v) is 7.37. The number of ketones is 1. The van der Waals surface area contributed by atoms with Crippen LogP contribution in [0.25, 0.3) is 0 Å². The van der Waals surface area contributed by atoms with Gasteiger partial charge in [0.15, 0.2) is 17.3 Å². The molecule has 0 saturated heterocycles.